The quantitative estimate of drug-likeness (QED) is 0.854. The topological polar surface area (TPSA) is 73.3 Å². The average molecular weight is 265 g/mol. The Morgan fingerprint density at radius 3 is 3.06 bits per heavy atom. The van der Waals surface area contributed by atoms with Crippen LogP contribution >= 0.6 is 11.9 Å². The first-order valence-corrected chi connectivity index (χ1v) is 5.27. The molecule has 1 saturated heterocycles. The van der Waals surface area contributed by atoms with E-state index in [1.165, 1.54) is 12.3 Å². The molecule has 0 bridgehead atoms. The van der Waals surface area contributed by atoms with Gasteiger partial charge in [0.2, 0.25) is 0 Å². The fourth-order valence-corrected chi connectivity index (χ4v) is 1.85. The Balaban J connectivity index is 2.19. The number of ether oxygens (including phenoxy) is 1. The summed E-state index contributed by atoms with van der Waals surface area (Å²) >= 11 is 5.03. The smallest absolute Gasteiger partial charge is 0.330 e. The van der Waals surface area contributed by atoms with Gasteiger partial charge in [-0.1, -0.05) is 0 Å². The number of hydrogen-bond acceptors (Lipinski definition) is 4. The highest BCUT2D eigenvalue weighted by molar-refractivity contribution is 6.07. The van der Waals surface area contributed by atoms with Crippen molar-refractivity contribution in [3.05, 3.63) is 33.1 Å². The highest BCUT2D eigenvalue weighted by Crippen LogP contribution is 2.29. The van der Waals surface area contributed by atoms with E-state index < -0.39 is 29.8 Å². The van der Waals surface area contributed by atoms with Gasteiger partial charge in [0.1, 0.15) is 18.5 Å². The summed E-state index contributed by atoms with van der Waals surface area (Å²) in [6.07, 6.45) is -1.56. The van der Waals surface area contributed by atoms with Crippen LogP contribution in [-0.2, 0) is 9.03 Å². The lowest BCUT2D eigenvalue weighted by Gasteiger charge is -2.13. The van der Waals surface area contributed by atoms with Crippen LogP contribution in [0.15, 0.2) is 21.9 Å². The highest BCUT2D eigenvalue weighted by Gasteiger charge is 2.36. The van der Waals surface area contributed by atoms with Gasteiger partial charge in [-0.2, -0.15) is 0 Å². The first-order valence-electron chi connectivity index (χ1n) is 4.96. The van der Waals surface area contributed by atoms with E-state index in [4.69, 9.17) is 16.6 Å². The minimum Gasteiger partial charge on any atom is -0.349 e. The second-order valence-electron chi connectivity index (χ2n) is 3.67. The Hall–Kier alpha value is -1.18. The molecule has 2 rings (SSSR count). The van der Waals surface area contributed by atoms with E-state index in [2.05, 4.69) is 9.27 Å². The SMILES string of the molecule is O=c1ccn([C@@H]2CC(F)[C@H](COCl)O2)c(=O)[nH]1. The van der Waals surface area contributed by atoms with Crippen LogP contribution in [0.3, 0.4) is 0 Å². The zero-order valence-corrected chi connectivity index (χ0v) is 9.39. The van der Waals surface area contributed by atoms with Crippen molar-refractivity contribution in [3.8, 4) is 0 Å². The molecule has 1 unspecified atom stereocenters. The maximum Gasteiger partial charge on any atom is 0.330 e. The number of aromatic amines is 1. The molecule has 2 heterocycles. The lowest BCUT2D eigenvalue weighted by molar-refractivity contribution is -0.0293. The Morgan fingerprint density at radius 2 is 2.41 bits per heavy atom. The van der Waals surface area contributed by atoms with Gasteiger partial charge in [0, 0.05) is 18.7 Å². The van der Waals surface area contributed by atoms with E-state index in [1.807, 2.05) is 0 Å². The molecule has 8 heteroatoms. The number of halogens is 2. The number of aromatic nitrogens is 2. The van der Waals surface area contributed by atoms with E-state index in [9.17, 15) is 14.0 Å². The van der Waals surface area contributed by atoms with Gasteiger partial charge in [-0.25, -0.2) is 9.18 Å². The lowest BCUT2D eigenvalue weighted by Crippen LogP contribution is -2.31. The van der Waals surface area contributed by atoms with E-state index in [0.29, 0.717) is 0 Å². The summed E-state index contributed by atoms with van der Waals surface area (Å²) in [5, 5.41) is 0. The number of hydrogen-bond donors (Lipinski definition) is 1. The van der Waals surface area contributed by atoms with Crippen molar-refractivity contribution in [2.45, 2.75) is 24.9 Å². The molecule has 17 heavy (non-hydrogen) atoms. The van der Waals surface area contributed by atoms with Gasteiger partial charge in [0.05, 0.1) is 18.5 Å². The minimum absolute atomic E-state index is 0.0108. The van der Waals surface area contributed by atoms with Crippen LogP contribution < -0.4 is 11.2 Å². The van der Waals surface area contributed by atoms with Crippen LogP contribution in [0.5, 0.6) is 0 Å². The van der Waals surface area contributed by atoms with Gasteiger partial charge in [0.15, 0.2) is 0 Å². The van der Waals surface area contributed by atoms with Crippen molar-refractivity contribution in [3.63, 3.8) is 0 Å². The van der Waals surface area contributed by atoms with E-state index in [-0.39, 0.29) is 13.0 Å². The van der Waals surface area contributed by atoms with Crippen LogP contribution in [0.25, 0.3) is 0 Å². The maximum atomic E-state index is 13.5. The number of rotatable bonds is 3. The van der Waals surface area contributed by atoms with Gasteiger partial charge in [-0.15, -0.1) is 0 Å². The third kappa shape index (κ3) is 2.56. The molecule has 0 aromatic carbocycles. The third-order valence-electron chi connectivity index (χ3n) is 2.55. The Labute approximate surface area is 100 Å². The molecule has 1 aliphatic heterocycles. The normalized spacial score (nSPS) is 28.5. The molecule has 0 aliphatic carbocycles. The summed E-state index contributed by atoms with van der Waals surface area (Å²) in [7, 11) is 0. The van der Waals surface area contributed by atoms with Crippen LogP contribution in [0.1, 0.15) is 12.6 Å². The molecule has 1 aromatic heterocycles. The molecule has 1 N–H and O–H groups in total. The van der Waals surface area contributed by atoms with Crippen molar-refractivity contribution in [1.82, 2.24) is 9.55 Å². The maximum absolute atomic E-state index is 13.5. The second-order valence-corrected chi connectivity index (χ2v) is 3.89. The predicted octanol–water partition coefficient (Wildman–Crippen LogP) is 0.333. The fraction of sp³-hybridized carbons (Fsp3) is 0.556. The average Bonchev–Trinajstić information content (AvgIpc) is 2.60. The molecule has 3 atom stereocenters. The Bertz CT molecular complexity index is 502. The third-order valence-corrected chi connectivity index (χ3v) is 2.68. The monoisotopic (exact) mass is 264 g/mol. The second kappa shape index (κ2) is 4.99. The molecule has 0 radical (unpaired) electrons. The summed E-state index contributed by atoms with van der Waals surface area (Å²) in [5.41, 5.74) is -1.15. The van der Waals surface area contributed by atoms with Crippen LogP contribution in [-0.4, -0.2) is 28.4 Å². The summed E-state index contributed by atoms with van der Waals surface area (Å²) in [5.74, 6) is 0. The molecule has 6 nitrogen and oxygen atoms in total. The van der Waals surface area contributed by atoms with Crippen LogP contribution in [0, 0.1) is 0 Å². The standard InChI is InChI=1S/C9H10ClFN2O4/c10-16-4-6-5(11)3-8(17-6)13-2-1-7(14)12-9(13)15/h1-2,5-6,8H,3-4H2,(H,12,14,15)/t5?,6-,8-/m0/s1. The van der Waals surface area contributed by atoms with Gasteiger partial charge >= 0.3 is 5.69 Å². The van der Waals surface area contributed by atoms with Crippen molar-refractivity contribution < 1.29 is 13.4 Å². The fourth-order valence-electron chi connectivity index (χ4n) is 1.73. The lowest BCUT2D eigenvalue weighted by atomic mass is 10.2. The van der Waals surface area contributed by atoms with Crippen LogP contribution in [0.4, 0.5) is 4.39 Å². The molecule has 1 fully saturated rings. The van der Waals surface area contributed by atoms with E-state index in [1.54, 1.807) is 0 Å². The van der Waals surface area contributed by atoms with Gasteiger partial charge in [-0.3, -0.25) is 18.6 Å². The molecule has 1 aliphatic rings. The molecular weight excluding hydrogens is 255 g/mol. The summed E-state index contributed by atoms with van der Waals surface area (Å²) < 4.78 is 24.2. The largest absolute Gasteiger partial charge is 0.349 e. The number of H-pyrrole nitrogens is 1. The summed E-state index contributed by atoms with van der Waals surface area (Å²) in [6, 6.07) is 1.17. The molecule has 0 amide bonds. The molecule has 0 saturated carbocycles. The van der Waals surface area contributed by atoms with Crippen molar-refractivity contribution in [2.24, 2.45) is 0 Å². The Kier molecular flexibility index (Phi) is 3.60. The zero-order valence-electron chi connectivity index (χ0n) is 8.64. The molecule has 94 valence electrons. The Morgan fingerprint density at radius 1 is 1.65 bits per heavy atom. The van der Waals surface area contributed by atoms with Crippen molar-refractivity contribution >= 4 is 11.9 Å². The highest BCUT2D eigenvalue weighted by atomic mass is 35.5. The summed E-state index contributed by atoms with van der Waals surface area (Å²) in [6.45, 7) is -0.0999. The van der Waals surface area contributed by atoms with E-state index >= 15 is 0 Å². The minimum atomic E-state index is -1.27. The number of nitrogens with zero attached hydrogens (tertiary/aromatic N) is 1. The molecule has 0 spiro atoms. The number of alkyl halides is 1. The molecular formula is C9H10ClFN2O4. The summed E-state index contributed by atoms with van der Waals surface area (Å²) in [4.78, 5) is 24.4. The van der Waals surface area contributed by atoms with Crippen molar-refractivity contribution in [2.75, 3.05) is 6.61 Å². The number of nitrogens with one attached hydrogen (secondary N) is 1. The van der Waals surface area contributed by atoms with Gasteiger partial charge in [-0.05, 0) is 0 Å². The first kappa shape index (κ1) is 12.3. The van der Waals surface area contributed by atoms with Crippen molar-refractivity contribution in [1.29, 1.82) is 0 Å². The van der Waals surface area contributed by atoms with E-state index in [0.717, 1.165) is 4.57 Å². The van der Waals surface area contributed by atoms with Crippen LogP contribution in [0.2, 0.25) is 0 Å². The zero-order chi connectivity index (χ0) is 12.4. The molecule has 1 aromatic rings. The van der Waals surface area contributed by atoms with Gasteiger partial charge in [0.25, 0.3) is 5.56 Å². The van der Waals surface area contributed by atoms with Gasteiger partial charge < -0.3 is 4.74 Å². The first-order chi connectivity index (χ1) is 8.11. The predicted molar refractivity (Wildman–Crippen MR) is 56.6 cm³/mol.